The van der Waals surface area contributed by atoms with Gasteiger partial charge in [0.15, 0.2) is 16.6 Å². The third-order valence-electron chi connectivity index (χ3n) is 5.04. The first-order valence-electron chi connectivity index (χ1n) is 9.74. The van der Waals surface area contributed by atoms with Crippen molar-refractivity contribution in [1.29, 1.82) is 0 Å². The van der Waals surface area contributed by atoms with E-state index in [1.165, 1.54) is 4.31 Å². The molecule has 2 aromatic carbocycles. The smallest absolute Gasteiger partial charge is 0.243 e. The number of hydrogen-bond donors (Lipinski definition) is 1. The van der Waals surface area contributed by atoms with Gasteiger partial charge in [0.05, 0.1) is 19.1 Å². The lowest BCUT2D eigenvalue weighted by molar-refractivity contribution is 0.264. The van der Waals surface area contributed by atoms with Crippen LogP contribution in [0, 0.1) is 0 Å². The first-order valence-corrected chi connectivity index (χ1v) is 11.6. The van der Waals surface area contributed by atoms with Crippen LogP contribution in [0.25, 0.3) is 0 Å². The summed E-state index contributed by atoms with van der Waals surface area (Å²) < 4.78 is 37.6. The Morgan fingerprint density at radius 2 is 1.67 bits per heavy atom. The van der Waals surface area contributed by atoms with Gasteiger partial charge in [-0.1, -0.05) is 24.3 Å². The molecule has 0 saturated carbocycles. The normalized spacial score (nSPS) is 14.9. The lowest BCUT2D eigenvalue weighted by atomic mass is 10.1. The van der Waals surface area contributed by atoms with Gasteiger partial charge in [-0.25, -0.2) is 8.42 Å². The van der Waals surface area contributed by atoms with Crippen molar-refractivity contribution in [3.05, 3.63) is 54.1 Å². The van der Waals surface area contributed by atoms with Crippen LogP contribution in [0.4, 0.5) is 0 Å². The molecule has 1 heterocycles. The third-order valence-corrected chi connectivity index (χ3v) is 7.36. The summed E-state index contributed by atoms with van der Waals surface area (Å²) in [5.41, 5.74) is 1.11. The van der Waals surface area contributed by atoms with Crippen LogP contribution in [0.3, 0.4) is 0 Å². The van der Waals surface area contributed by atoms with Gasteiger partial charge in [-0.05, 0) is 48.5 Å². The van der Waals surface area contributed by atoms with Gasteiger partial charge in [0.2, 0.25) is 10.0 Å². The zero-order valence-electron chi connectivity index (χ0n) is 17.2. The van der Waals surface area contributed by atoms with E-state index < -0.39 is 10.0 Å². The van der Waals surface area contributed by atoms with Crippen LogP contribution in [0.2, 0.25) is 0 Å². The van der Waals surface area contributed by atoms with Gasteiger partial charge < -0.3 is 19.7 Å². The Labute approximate surface area is 183 Å². The second-order valence-electron chi connectivity index (χ2n) is 6.88. The van der Waals surface area contributed by atoms with Gasteiger partial charge >= 0.3 is 0 Å². The minimum atomic E-state index is -3.46. The number of nitrogens with one attached hydrogen (secondary N) is 1. The second kappa shape index (κ2) is 10.1. The Morgan fingerprint density at radius 1 is 1.00 bits per heavy atom. The molecule has 1 N–H and O–H groups in total. The van der Waals surface area contributed by atoms with Gasteiger partial charge in [0.1, 0.15) is 0 Å². The van der Waals surface area contributed by atoms with E-state index in [4.69, 9.17) is 21.7 Å². The highest BCUT2D eigenvalue weighted by Gasteiger charge is 2.28. The lowest BCUT2D eigenvalue weighted by Gasteiger charge is -2.35. The van der Waals surface area contributed by atoms with E-state index in [2.05, 4.69) is 5.32 Å². The number of sulfonamides is 1. The van der Waals surface area contributed by atoms with Gasteiger partial charge in [-0.3, -0.25) is 0 Å². The molecule has 0 aliphatic carbocycles. The zero-order valence-corrected chi connectivity index (χ0v) is 18.8. The number of thiocarbonyl (C=S) groups is 1. The molecule has 9 heteroatoms. The second-order valence-corrected chi connectivity index (χ2v) is 9.20. The largest absolute Gasteiger partial charge is 0.493 e. The van der Waals surface area contributed by atoms with Crippen LogP contribution in [-0.2, 0) is 16.4 Å². The van der Waals surface area contributed by atoms with Crippen LogP contribution >= 0.6 is 12.2 Å². The first-order chi connectivity index (χ1) is 14.5. The molecular formula is C21H27N3O4S2. The molecule has 30 heavy (non-hydrogen) atoms. The van der Waals surface area contributed by atoms with E-state index in [0.717, 1.165) is 12.0 Å². The number of ether oxygens (including phenoxy) is 2. The summed E-state index contributed by atoms with van der Waals surface area (Å²) in [6, 6.07) is 14.4. The molecule has 0 bridgehead atoms. The van der Waals surface area contributed by atoms with Crippen molar-refractivity contribution < 1.29 is 17.9 Å². The molecule has 0 atom stereocenters. The molecular weight excluding hydrogens is 422 g/mol. The summed E-state index contributed by atoms with van der Waals surface area (Å²) in [7, 11) is -0.225. The fourth-order valence-corrected chi connectivity index (χ4v) is 5.06. The molecule has 1 aliphatic rings. The number of piperazine rings is 1. The number of nitrogens with zero attached hydrogens (tertiary/aromatic N) is 2. The van der Waals surface area contributed by atoms with Gasteiger partial charge in [-0.15, -0.1) is 0 Å². The standard InChI is InChI=1S/C21H27N3O4S2/c1-27-19-9-8-17(16-20(19)28-2)10-11-22-21(29)23-12-14-24(15-13-23)30(25,26)18-6-4-3-5-7-18/h3-9,16H,10-15H2,1-2H3,(H,22,29). The van der Waals surface area contributed by atoms with E-state index in [-0.39, 0.29) is 0 Å². The van der Waals surface area contributed by atoms with Crippen molar-refractivity contribution in [2.75, 3.05) is 46.9 Å². The van der Waals surface area contributed by atoms with Crippen LogP contribution in [0.15, 0.2) is 53.4 Å². The Kier molecular flexibility index (Phi) is 7.52. The average molecular weight is 450 g/mol. The molecule has 7 nitrogen and oxygen atoms in total. The predicted octanol–water partition coefficient (Wildman–Crippen LogP) is 2.13. The van der Waals surface area contributed by atoms with Crippen molar-refractivity contribution >= 4 is 27.4 Å². The van der Waals surface area contributed by atoms with Crippen molar-refractivity contribution in [1.82, 2.24) is 14.5 Å². The summed E-state index contributed by atoms with van der Waals surface area (Å²) in [6.07, 6.45) is 0.781. The summed E-state index contributed by atoms with van der Waals surface area (Å²) in [6.45, 7) is 2.63. The average Bonchev–Trinajstić information content (AvgIpc) is 2.79. The molecule has 1 aliphatic heterocycles. The molecule has 0 radical (unpaired) electrons. The molecule has 0 spiro atoms. The van der Waals surface area contributed by atoms with Crippen molar-refractivity contribution in [3.63, 3.8) is 0 Å². The quantitative estimate of drug-likeness (QED) is 0.650. The molecule has 1 saturated heterocycles. The Hall–Kier alpha value is -2.36. The highest BCUT2D eigenvalue weighted by molar-refractivity contribution is 7.89. The van der Waals surface area contributed by atoms with Crippen molar-refractivity contribution in [3.8, 4) is 11.5 Å². The lowest BCUT2D eigenvalue weighted by Crippen LogP contribution is -2.53. The fraction of sp³-hybridized carbons (Fsp3) is 0.381. The van der Waals surface area contributed by atoms with Crippen LogP contribution in [0.5, 0.6) is 11.5 Å². The van der Waals surface area contributed by atoms with Gasteiger partial charge in [-0.2, -0.15) is 4.31 Å². The molecule has 162 valence electrons. The highest BCUT2D eigenvalue weighted by atomic mass is 32.2. The first kappa shape index (κ1) is 22.3. The van der Waals surface area contributed by atoms with Crippen molar-refractivity contribution in [2.45, 2.75) is 11.3 Å². The van der Waals surface area contributed by atoms with Crippen LogP contribution in [-0.4, -0.2) is 69.7 Å². The molecule has 0 unspecified atom stereocenters. The Balaban J connectivity index is 1.48. The molecule has 1 fully saturated rings. The minimum Gasteiger partial charge on any atom is -0.493 e. The zero-order chi connectivity index (χ0) is 21.6. The van der Waals surface area contributed by atoms with Crippen molar-refractivity contribution in [2.24, 2.45) is 0 Å². The van der Waals surface area contributed by atoms with E-state index >= 15 is 0 Å². The maximum Gasteiger partial charge on any atom is 0.243 e. The van der Waals surface area contributed by atoms with E-state index in [9.17, 15) is 8.42 Å². The summed E-state index contributed by atoms with van der Waals surface area (Å²) >= 11 is 5.51. The highest BCUT2D eigenvalue weighted by Crippen LogP contribution is 2.27. The third kappa shape index (κ3) is 5.21. The summed E-state index contributed by atoms with van der Waals surface area (Å²) in [5, 5.41) is 3.92. The summed E-state index contributed by atoms with van der Waals surface area (Å²) in [5.74, 6) is 1.40. The van der Waals surface area contributed by atoms with Gasteiger partial charge in [0.25, 0.3) is 0 Å². The predicted molar refractivity (Wildman–Crippen MR) is 121 cm³/mol. The molecule has 3 rings (SSSR count). The molecule has 2 aromatic rings. The number of benzene rings is 2. The van der Waals surface area contributed by atoms with E-state index in [0.29, 0.717) is 54.2 Å². The minimum absolute atomic E-state index is 0.328. The SMILES string of the molecule is COc1ccc(CCNC(=S)N2CCN(S(=O)(=O)c3ccccc3)CC2)cc1OC. The van der Waals surface area contributed by atoms with E-state index in [1.54, 1.807) is 38.5 Å². The van der Waals surface area contributed by atoms with Crippen LogP contribution in [0.1, 0.15) is 5.56 Å². The van der Waals surface area contributed by atoms with Crippen LogP contribution < -0.4 is 14.8 Å². The fourth-order valence-electron chi connectivity index (χ4n) is 3.33. The van der Waals surface area contributed by atoms with E-state index in [1.807, 2.05) is 29.2 Å². The maximum atomic E-state index is 12.7. The monoisotopic (exact) mass is 449 g/mol. The molecule has 0 amide bonds. The Bertz CT molecular complexity index is 959. The number of rotatable bonds is 7. The Morgan fingerprint density at radius 3 is 2.30 bits per heavy atom. The number of hydrogen-bond acceptors (Lipinski definition) is 5. The van der Waals surface area contributed by atoms with Gasteiger partial charge in [0, 0.05) is 32.7 Å². The molecule has 0 aromatic heterocycles. The topological polar surface area (TPSA) is 71.1 Å². The number of methoxy groups -OCH3 is 2. The summed E-state index contributed by atoms with van der Waals surface area (Å²) in [4.78, 5) is 2.34. The maximum absolute atomic E-state index is 12.7.